The van der Waals surface area contributed by atoms with Gasteiger partial charge in [0.25, 0.3) is 0 Å². The molecule has 1 fully saturated rings. The molecule has 1 saturated heterocycles. The van der Waals surface area contributed by atoms with Crippen molar-refractivity contribution in [3.8, 4) is 5.88 Å². The van der Waals surface area contributed by atoms with Gasteiger partial charge in [0.05, 0.1) is 6.61 Å². The van der Waals surface area contributed by atoms with E-state index in [1.165, 1.54) is 0 Å². The number of piperazine rings is 1. The molecule has 17 heavy (non-hydrogen) atoms. The number of anilines is 1. The Morgan fingerprint density at radius 2 is 2.06 bits per heavy atom. The van der Waals surface area contributed by atoms with E-state index < -0.39 is 0 Å². The molecule has 0 bridgehead atoms. The molecule has 0 radical (unpaired) electrons. The average Bonchev–Trinajstić information content (AvgIpc) is 2.28. The van der Waals surface area contributed by atoms with E-state index in [1.807, 2.05) is 25.1 Å². The third-order valence-electron chi connectivity index (χ3n) is 2.88. The molecule has 1 aliphatic heterocycles. The van der Waals surface area contributed by atoms with Crippen LogP contribution in [0.1, 0.15) is 20.8 Å². The van der Waals surface area contributed by atoms with Gasteiger partial charge in [0.1, 0.15) is 5.82 Å². The third-order valence-corrected chi connectivity index (χ3v) is 2.88. The van der Waals surface area contributed by atoms with E-state index in [0.29, 0.717) is 24.6 Å². The van der Waals surface area contributed by atoms with Crippen LogP contribution in [0, 0.1) is 0 Å². The first-order valence-electron chi connectivity index (χ1n) is 6.30. The van der Waals surface area contributed by atoms with Gasteiger partial charge in [0.15, 0.2) is 0 Å². The summed E-state index contributed by atoms with van der Waals surface area (Å²) in [5.41, 5.74) is 0. The normalized spacial score (nSPS) is 24.8. The van der Waals surface area contributed by atoms with Crippen molar-refractivity contribution < 1.29 is 4.74 Å². The molecule has 4 heteroatoms. The molecular weight excluding hydrogens is 214 g/mol. The van der Waals surface area contributed by atoms with Crippen LogP contribution in [0.25, 0.3) is 0 Å². The van der Waals surface area contributed by atoms with E-state index in [-0.39, 0.29) is 0 Å². The molecule has 1 N–H and O–H groups in total. The van der Waals surface area contributed by atoms with Crippen molar-refractivity contribution >= 4 is 5.82 Å². The fraction of sp³-hybridized carbons (Fsp3) is 0.615. The summed E-state index contributed by atoms with van der Waals surface area (Å²) in [6.45, 7) is 9.03. The lowest BCUT2D eigenvalue weighted by Gasteiger charge is -2.36. The standard InChI is InChI=1S/C13H21N3O/c1-4-17-13-7-5-6-12(15-13)16-8-10(2)14-11(3)9-16/h5-7,10-11,14H,4,8-9H2,1-3H3. The second-order valence-electron chi connectivity index (χ2n) is 4.64. The highest BCUT2D eigenvalue weighted by molar-refractivity contribution is 5.41. The molecule has 2 unspecified atom stereocenters. The molecule has 0 amide bonds. The maximum absolute atomic E-state index is 5.44. The van der Waals surface area contributed by atoms with Crippen LogP contribution in [0.15, 0.2) is 18.2 Å². The first-order valence-corrected chi connectivity index (χ1v) is 6.30. The lowest BCUT2D eigenvalue weighted by atomic mass is 10.1. The maximum Gasteiger partial charge on any atom is 0.215 e. The summed E-state index contributed by atoms with van der Waals surface area (Å²) in [5.74, 6) is 1.72. The maximum atomic E-state index is 5.44. The molecule has 1 aromatic heterocycles. The van der Waals surface area contributed by atoms with Crippen molar-refractivity contribution in [2.75, 3.05) is 24.6 Å². The number of ether oxygens (including phenoxy) is 1. The van der Waals surface area contributed by atoms with Gasteiger partial charge in [0.2, 0.25) is 5.88 Å². The van der Waals surface area contributed by atoms with E-state index in [1.54, 1.807) is 0 Å². The molecule has 0 spiro atoms. The number of nitrogens with zero attached hydrogens (tertiary/aromatic N) is 2. The Labute approximate surface area is 103 Å². The number of rotatable bonds is 3. The summed E-state index contributed by atoms with van der Waals surface area (Å²) >= 11 is 0. The zero-order valence-electron chi connectivity index (χ0n) is 10.8. The highest BCUT2D eigenvalue weighted by atomic mass is 16.5. The molecule has 2 atom stereocenters. The minimum atomic E-state index is 0.497. The SMILES string of the molecule is CCOc1cccc(N2CC(C)NC(C)C2)n1. The molecule has 2 rings (SSSR count). The second kappa shape index (κ2) is 5.36. The van der Waals surface area contributed by atoms with Gasteiger partial charge in [-0.1, -0.05) is 6.07 Å². The van der Waals surface area contributed by atoms with E-state index in [9.17, 15) is 0 Å². The topological polar surface area (TPSA) is 37.4 Å². The molecular formula is C13H21N3O. The number of aromatic nitrogens is 1. The summed E-state index contributed by atoms with van der Waals surface area (Å²) in [6.07, 6.45) is 0. The monoisotopic (exact) mass is 235 g/mol. The van der Waals surface area contributed by atoms with E-state index in [2.05, 4.69) is 29.0 Å². The Morgan fingerprint density at radius 3 is 2.71 bits per heavy atom. The van der Waals surface area contributed by atoms with Crippen molar-refractivity contribution in [1.82, 2.24) is 10.3 Å². The van der Waals surface area contributed by atoms with Gasteiger partial charge in [-0.3, -0.25) is 0 Å². The Kier molecular flexibility index (Phi) is 3.84. The van der Waals surface area contributed by atoms with Gasteiger partial charge in [-0.15, -0.1) is 0 Å². The molecule has 0 aromatic carbocycles. The fourth-order valence-electron chi connectivity index (χ4n) is 2.32. The second-order valence-corrected chi connectivity index (χ2v) is 4.64. The molecule has 2 heterocycles. The largest absolute Gasteiger partial charge is 0.478 e. The minimum absolute atomic E-state index is 0.497. The van der Waals surface area contributed by atoms with Gasteiger partial charge in [-0.2, -0.15) is 4.98 Å². The van der Waals surface area contributed by atoms with Crippen molar-refractivity contribution in [1.29, 1.82) is 0 Å². The van der Waals surface area contributed by atoms with Crippen LogP contribution < -0.4 is 15.0 Å². The molecule has 1 aliphatic rings. The predicted molar refractivity (Wildman–Crippen MR) is 69.7 cm³/mol. The predicted octanol–water partition coefficient (Wildman–Crippen LogP) is 1.67. The van der Waals surface area contributed by atoms with Crippen LogP contribution in [-0.2, 0) is 0 Å². The summed E-state index contributed by atoms with van der Waals surface area (Å²) in [5, 5.41) is 3.52. The molecule has 0 saturated carbocycles. The van der Waals surface area contributed by atoms with Gasteiger partial charge >= 0.3 is 0 Å². The van der Waals surface area contributed by atoms with Gasteiger partial charge in [0, 0.05) is 31.2 Å². The Balaban J connectivity index is 2.12. The van der Waals surface area contributed by atoms with Crippen LogP contribution in [0.4, 0.5) is 5.82 Å². The van der Waals surface area contributed by atoms with Crippen LogP contribution in [0.3, 0.4) is 0 Å². The summed E-state index contributed by atoms with van der Waals surface area (Å²) in [4.78, 5) is 6.84. The number of hydrogen-bond donors (Lipinski definition) is 1. The summed E-state index contributed by atoms with van der Waals surface area (Å²) in [6, 6.07) is 6.95. The Morgan fingerprint density at radius 1 is 1.35 bits per heavy atom. The van der Waals surface area contributed by atoms with Crippen LogP contribution in [-0.4, -0.2) is 36.8 Å². The first kappa shape index (κ1) is 12.2. The molecule has 0 aliphatic carbocycles. The first-order chi connectivity index (χ1) is 8.19. The number of hydrogen-bond acceptors (Lipinski definition) is 4. The van der Waals surface area contributed by atoms with Gasteiger partial charge in [-0.05, 0) is 26.8 Å². The number of pyridine rings is 1. The zero-order chi connectivity index (χ0) is 12.3. The van der Waals surface area contributed by atoms with Crippen molar-refractivity contribution in [2.45, 2.75) is 32.9 Å². The fourth-order valence-corrected chi connectivity index (χ4v) is 2.32. The third kappa shape index (κ3) is 3.09. The highest BCUT2D eigenvalue weighted by Gasteiger charge is 2.21. The van der Waals surface area contributed by atoms with E-state index in [4.69, 9.17) is 4.74 Å². The molecule has 94 valence electrons. The van der Waals surface area contributed by atoms with Gasteiger partial charge in [-0.25, -0.2) is 0 Å². The van der Waals surface area contributed by atoms with Gasteiger partial charge < -0.3 is 15.0 Å². The van der Waals surface area contributed by atoms with Crippen LogP contribution in [0.5, 0.6) is 5.88 Å². The summed E-state index contributed by atoms with van der Waals surface area (Å²) in [7, 11) is 0. The Bertz CT molecular complexity index is 359. The average molecular weight is 235 g/mol. The van der Waals surface area contributed by atoms with Crippen molar-refractivity contribution in [3.05, 3.63) is 18.2 Å². The van der Waals surface area contributed by atoms with Crippen LogP contribution in [0.2, 0.25) is 0 Å². The number of nitrogens with one attached hydrogen (secondary N) is 1. The van der Waals surface area contributed by atoms with E-state index in [0.717, 1.165) is 18.9 Å². The van der Waals surface area contributed by atoms with Crippen molar-refractivity contribution in [2.24, 2.45) is 0 Å². The van der Waals surface area contributed by atoms with Crippen molar-refractivity contribution in [3.63, 3.8) is 0 Å². The molecule has 4 nitrogen and oxygen atoms in total. The minimum Gasteiger partial charge on any atom is -0.478 e. The van der Waals surface area contributed by atoms with E-state index >= 15 is 0 Å². The highest BCUT2D eigenvalue weighted by Crippen LogP contribution is 2.18. The Hall–Kier alpha value is -1.29. The zero-order valence-corrected chi connectivity index (χ0v) is 10.8. The smallest absolute Gasteiger partial charge is 0.215 e. The van der Waals surface area contributed by atoms with Crippen LogP contribution >= 0.6 is 0 Å². The lowest BCUT2D eigenvalue weighted by Crippen LogP contribution is -2.54. The molecule has 1 aromatic rings. The quantitative estimate of drug-likeness (QED) is 0.864. The lowest BCUT2D eigenvalue weighted by molar-refractivity contribution is 0.326. The summed E-state index contributed by atoms with van der Waals surface area (Å²) < 4.78 is 5.44.